The van der Waals surface area contributed by atoms with Gasteiger partial charge in [0.25, 0.3) is 5.56 Å². The zero-order valence-electron chi connectivity index (χ0n) is 15.7. The van der Waals surface area contributed by atoms with Crippen LogP contribution in [0.2, 0.25) is 0 Å². The highest BCUT2D eigenvalue weighted by Gasteiger charge is 2.19. The average Bonchev–Trinajstić information content (AvgIpc) is 2.68. The van der Waals surface area contributed by atoms with Crippen LogP contribution in [0.15, 0.2) is 59.7 Å². The molecular weight excluding hydrogens is 342 g/mol. The Morgan fingerprint density at radius 3 is 2.52 bits per heavy atom. The van der Waals surface area contributed by atoms with E-state index in [1.807, 2.05) is 44.2 Å². The van der Waals surface area contributed by atoms with Crippen LogP contribution in [0, 0.1) is 5.92 Å². The van der Waals surface area contributed by atoms with E-state index >= 15 is 0 Å². The van der Waals surface area contributed by atoms with Crippen molar-refractivity contribution < 1.29 is 9.53 Å². The Bertz CT molecular complexity index is 993. The predicted octanol–water partition coefficient (Wildman–Crippen LogP) is 2.92. The molecule has 0 spiro atoms. The Hall–Kier alpha value is -3.15. The molecule has 1 amide bonds. The van der Waals surface area contributed by atoms with Gasteiger partial charge in [0, 0.05) is 0 Å². The summed E-state index contributed by atoms with van der Waals surface area (Å²) >= 11 is 0. The number of amides is 1. The fourth-order valence-corrected chi connectivity index (χ4v) is 3.04. The van der Waals surface area contributed by atoms with Crippen LogP contribution in [0.5, 0.6) is 5.75 Å². The number of aromatic nitrogens is 2. The fourth-order valence-electron chi connectivity index (χ4n) is 3.04. The largest absolute Gasteiger partial charge is 0.497 e. The number of methoxy groups -OCH3 is 1. The molecule has 6 nitrogen and oxygen atoms in total. The minimum atomic E-state index is -0.233. The van der Waals surface area contributed by atoms with E-state index in [1.54, 1.807) is 25.3 Å². The number of nitrogens with one attached hydrogen (secondary N) is 1. The Morgan fingerprint density at radius 1 is 1.15 bits per heavy atom. The summed E-state index contributed by atoms with van der Waals surface area (Å²) in [5.74, 6) is 0.721. The van der Waals surface area contributed by atoms with E-state index < -0.39 is 0 Å². The van der Waals surface area contributed by atoms with Gasteiger partial charge in [0.1, 0.15) is 12.3 Å². The van der Waals surface area contributed by atoms with Crippen LogP contribution in [-0.2, 0) is 11.3 Å². The van der Waals surface area contributed by atoms with E-state index in [9.17, 15) is 9.59 Å². The molecule has 6 heteroatoms. The van der Waals surface area contributed by atoms with E-state index in [4.69, 9.17) is 4.74 Å². The molecule has 1 unspecified atom stereocenters. The van der Waals surface area contributed by atoms with Crippen LogP contribution in [0.4, 0.5) is 0 Å². The van der Waals surface area contributed by atoms with Crippen molar-refractivity contribution >= 4 is 16.8 Å². The van der Waals surface area contributed by atoms with Crippen LogP contribution in [-0.4, -0.2) is 22.6 Å². The van der Waals surface area contributed by atoms with Gasteiger partial charge in [-0.1, -0.05) is 38.1 Å². The molecular formula is C21H23N3O3. The van der Waals surface area contributed by atoms with Crippen molar-refractivity contribution in [2.24, 2.45) is 5.92 Å². The summed E-state index contributed by atoms with van der Waals surface area (Å²) in [5.41, 5.74) is 1.39. The number of rotatable bonds is 6. The zero-order valence-corrected chi connectivity index (χ0v) is 15.7. The highest BCUT2D eigenvalue weighted by molar-refractivity contribution is 5.79. The van der Waals surface area contributed by atoms with Crippen molar-refractivity contribution in [2.45, 2.75) is 26.4 Å². The lowest BCUT2D eigenvalue weighted by atomic mass is 9.96. The van der Waals surface area contributed by atoms with E-state index in [2.05, 4.69) is 10.3 Å². The average molecular weight is 365 g/mol. The first kappa shape index (κ1) is 18.6. The van der Waals surface area contributed by atoms with Crippen LogP contribution >= 0.6 is 0 Å². The molecule has 2 aromatic carbocycles. The molecule has 0 fully saturated rings. The van der Waals surface area contributed by atoms with Crippen molar-refractivity contribution in [1.82, 2.24) is 14.9 Å². The Morgan fingerprint density at radius 2 is 1.85 bits per heavy atom. The van der Waals surface area contributed by atoms with Crippen molar-refractivity contribution in [3.8, 4) is 5.75 Å². The van der Waals surface area contributed by atoms with Crippen LogP contribution < -0.4 is 15.6 Å². The smallest absolute Gasteiger partial charge is 0.261 e. The molecule has 27 heavy (non-hydrogen) atoms. The number of benzene rings is 2. The molecule has 0 saturated carbocycles. The number of fused-ring (bicyclic) bond motifs is 1. The predicted molar refractivity (Wildman–Crippen MR) is 105 cm³/mol. The SMILES string of the molecule is COc1ccc(C(NC(=O)Cn2cnc3ccccc3c2=O)C(C)C)cc1. The second-order valence-corrected chi connectivity index (χ2v) is 6.76. The lowest BCUT2D eigenvalue weighted by Gasteiger charge is -2.23. The molecule has 1 atom stereocenters. The summed E-state index contributed by atoms with van der Waals surface area (Å²) in [7, 11) is 1.62. The van der Waals surface area contributed by atoms with Gasteiger partial charge in [0.05, 0.1) is 30.4 Å². The first-order chi connectivity index (χ1) is 13.0. The van der Waals surface area contributed by atoms with Crippen molar-refractivity contribution in [2.75, 3.05) is 7.11 Å². The van der Waals surface area contributed by atoms with Gasteiger partial charge in [0.2, 0.25) is 5.91 Å². The fraction of sp³-hybridized carbons (Fsp3) is 0.286. The Labute approximate surface area is 157 Å². The van der Waals surface area contributed by atoms with E-state index in [1.165, 1.54) is 10.9 Å². The number of ether oxygens (including phenoxy) is 1. The molecule has 1 N–H and O–H groups in total. The topological polar surface area (TPSA) is 73.2 Å². The summed E-state index contributed by atoms with van der Waals surface area (Å²) in [5, 5.41) is 3.53. The van der Waals surface area contributed by atoms with Crippen molar-refractivity contribution in [3.63, 3.8) is 0 Å². The molecule has 0 aliphatic rings. The summed E-state index contributed by atoms with van der Waals surface area (Å²) in [4.78, 5) is 29.4. The van der Waals surface area contributed by atoms with Crippen molar-refractivity contribution in [1.29, 1.82) is 0 Å². The summed E-state index contributed by atoms with van der Waals surface area (Å²) in [6.07, 6.45) is 1.42. The lowest BCUT2D eigenvalue weighted by Crippen LogP contribution is -2.36. The highest BCUT2D eigenvalue weighted by Crippen LogP contribution is 2.23. The highest BCUT2D eigenvalue weighted by atomic mass is 16.5. The third kappa shape index (κ3) is 4.16. The second kappa shape index (κ2) is 8.03. The van der Waals surface area contributed by atoms with Crippen molar-refractivity contribution in [3.05, 3.63) is 70.8 Å². The van der Waals surface area contributed by atoms with Crippen LogP contribution in [0.25, 0.3) is 10.9 Å². The third-order valence-electron chi connectivity index (χ3n) is 4.50. The maximum Gasteiger partial charge on any atom is 0.261 e. The van der Waals surface area contributed by atoms with Gasteiger partial charge in [-0.15, -0.1) is 0 Å². The van der Waals surface area contributed by atoms with Gasteiger partial charge in [0.15, 0.2) is 0 Å². The summed E-state index contributed by atoms with van der Waals surface area (Å²) in [6, 6.07) is 14.6. The third-order valence-corrected chi connectivity index (χ3v) is 4.50. The molecule has 0 aliphatic heterocycles. The maximum absolute atomic E-state index is 12.6. The summed E-state index contributed by atoms with van der Waals surface area (Å²) in [6.45, 7) is 4.01. The van der Waals surface area contributed by atoms with Gasteiger partial charge in [-0.2, -0.15) is 0 Å². The first-order valence-electron chi connectivity index (χ1n) is 8.87. The van der Waals surface area contributed by atoms with Gasteiger partial charge < -0.3 is 10.1 Å². The molecule has 0 saturated heterocycles. The zero-order chi connectivity index (χ0) is 19.4. The molecule has 0 aliphatic carbocycles. The normalized spacial score (nSPS) is 12.1. The molecule has 0 bridgehead atoms. The Kier molecular flexibility index (Phi) is 5.54. The van der Waals surface area contributed by atoms with Crippen LogP contribution in [0.3, 0.4) is 0 Å². The second-order valence-electron chi connectivity index (χ2n) is 6.76. The maximum atomic E-state index is 12.6. The van der Waals surface area contributed by atoms with E-state index in [0.717, 1.165) is 11.3 Å². The van der Waals surface area contributed by atoms with Gasteiger partial charge in [-0.05, 0) is 35.7 Å². The number of carbonyl (C=O) groups excluding carboxylic acids is 1. The summed E-state index contributed by atoms with van der Waals surface area (Å²) < 4.78 is 6.52. The van der Waals surface area contributed by atoms with Crippen LogP contribution in [0.1, 0.15) is 25.5 Å². The Balaban J connectivity index is 1.78. The minimum Gasteiger partial charge on any atom is -0.497 e. The number of para-hydroxylation sites is 1. The minimum absolute atomic E-state index is 0.0734. The lowest BCUT2D eigenvalue weighted by molar-refractivity contribution is -0.122. The molecule has 1 heterocycles. The molecule has 0 radical (unpaired) electrons. The number of hydrogen-bond acceptors (Lipinski definition) is 4. The van der Waals surface area contributed by atoms with Gasteiger partial charge >= 0.3 is 0 Å². The molecule has 3 aromatic rings. The molecule has 3 rings (SSSR count). The molecule has 1 aromatic heterocycles. The van der Waals surface area contributed by atoms with Gasteiger partial charge in [-0.3, -0.25) is 14.2 Å². The number of carbonyl (C=O) groups is 1. The van der Waals surface area contributed by atoms with E-state index in [-0.39, 0.29) is 30.0 Å². The molecule has 140 valence electrons. The number of nitrogens with zero attached hydrogens (tertiary/aromatic N) is 2. The van der Waals surface area contributed by atoms with Gasteiger partial charge in [-0.25, -0.2) is 4.98 Å². The van der Waals surface area contributed by atoms with E-state index in [0.29, 0.717) is 10.9 Å². The first-order valence-corrected chi connectivity index (χ1v) is 8.87. The number of hydrogen-bond donors (Lipinski definition) is 1. The standard InChI is InChI=1S/C21H23N3O3/c1-14(2)20(15-8-10-16(27-3)11-9-15)23-19(25)12-24-13-22-18-7-5-4-6-17(18)21(24)26/h4-11,13-14,20H,12H2,1-3H3,(H,23,25). The quantitative estimate of drug-likeness (QED) is 0.729. The monoisotopic (exact) mass is 365 g/mol.